The highest BCUT2D eigenvalue weighted by molar-refractivity contribution is 6.30. The topological polar surface area (TPSA) is 143 Å². The number of nitro benzene ring substituents is 1. The van der Waals surface area contributed by atoms with Gasteiger partial charge in [-0.2, -0.15) is 5.10 Å². The summed E-state index contributed by atoms with van der Waals surface area (Å²) in [4.78, 5) is 25.0. The second-order valence-corrected chi connectivity index (χ2v) is 8.15. The predicted octanol–water partition coefficient (Wildman–Crippen LogP) is 4.65. The van der Waals surface area contributed by atoms with Crippen LogP contribution in [-0.4, -0.2) is 40.8 Å². The number of nitro groups is 1. The summed E-state index contributed by atoms with van der Waals surface area (Å²) in [6.07, 6.45) is 1.59. The zero-order valence-corrected chi connectivity index (χ0v) is 19.7. The van der Waals surface area contributed by atoms with Crippen molar-refractivity contribution in [2.24, 2.45) is 0 Å². The molecule has 1 N–H and O–H groups in total. The largest absolute Gasteiger partial charge is 0.457 e. The first-order chi connectivity index (χ1) is 17.9. The molecule has 0 bridgehead atoms. The third-order valence-corrected chi connectivity index (χ3v) is 5.29. The van der Waals surface area contributed by atoms with E-state index in [1.165, 1.54) is 33.7 Å². The van der Waals surface area contributed by atoms with Gasteiger partial charge in [-0.1, -0.05) is 41.9 Å². The van der Waals surface area contributed by atoms with Gasteiger partial charge in [0.2, 0.25) is 5.82 Å². The number of halogens is 1. The summed E-state index contributed by atoms with van der Waals surface area (Å²) in [5, 5.41) is 31.2. The van der Waals surface area contributed by atoms with Crippen LogP contribution in [0.3, 0.4) is 0 Å². The Kier molecular flexibility index (Phi) is 6.55. The maximum absolute atomic E-state index is 12.8. The number of non-ortho nitro benzene ring substituents is 1. The molecule has 5 aromatic rings. The number of carbonyl (C=O) groups excluding carboxylic acids is 1. The molecule has 0 atom stereocenters. The summed E-state index contributed by atoms with van der Waals surface area (Å²) in [5.74, 6) is 0.503. The van der Waals surface area contributed by atoms with Crippen LogP contribution in [0.25, 0.3) is 11.4 Å². The Labute approximate surface area is 214 Å². The number of nitrogens with one attached hydrogen (secondary N) is 1. The SMILES string of the molecule is O=C(Nc1cc(Oc2ccc(Cl)cc2)cc([N+](=O)[O-])c1)c1ccn(Cn2nnc(-c3ccccc3)n2)n1. The fraction of sp³-hybridized carbons (Fsp3) is 0.0417. The van der Waals surface area contributed by atoms with Gasteiger partial charge in [0.15, 0.2) is 12.4 Å². The van der Waals surface area contributed by atoms with Crippen molar-refractivity contribution in [3.63, 3.8) is 0 Å². The van der Waals surface area contributed by atoms with Gasteiger partial charge in [0.1, 0.15) is 11.5 Å². The van der Waals surface area contributed by atoms with Crippen LogP contribution in [0.2, 0.25) is 5.02 Å². The second-order valence-electron chi connectivity index (χ2n) is 7.72. The molecule has 3 aromatic carbocycles. The first kappa shape index (κ1) is 23.6. The molecule has 2 aromatic heterocycles. The Morgan fingerprint density at radius 2 is 1.78 bits per heavy atom. The number of carbonyl (C=O) groups is 1. The molecule has 0 spiro atoms. The van der Waals surface area contributed by atoms with E-state index >= 15 is 0 Å². The Balaban J connectivity index is 1.29. The lowest BCUT2D eigenvalue weighted by Gasteiger charge is -2.09. The van der Waals surface area contributed by atoms with Crippen molar-refractivity contribution in [3.05, 3.63) is 106 Å². The zero-order chi connectivity index (χ0) is 25.8. The zero-order valence-electron chi connectivity index (χ0n) is 18.9. The minimum Gasteiger partial charge on any atom is -0.457 e. The van der Waals surface area contributed by atoms with Crippen molar-refractivity contribution < 1.29 is 14.5 Å². The molecule has 0 unspecified atom stereocenters. The number of rotatable bonds is 8. The summed E-state index contributed by atoms with van der Waals surface area (Å²) in [7, 11) is 0. The molecule has 1 amide bonds. The number of amides is 1. The van der Waals surface area contributed by atoms with Gasteiger partial charge in [0.05, 0.1) is 16.7 Å². The van der Waals surface area contributed by atoms with Crippen LogP contribution < -0.4 is 10.1 Å². The quantitative estimate of drug-likeness (QED) is 0.232. The maximum Gasteiger partial charge on any atom is 0.276 e. The fourth-order valence-corrected chi connectivity index (χ4v) is 3.48. The third-order valence-electron chi connectivity index (χ3n) is 5.04. The van der Waals surface area contributed by atoms with Crippen LogP contribution in [0.5, 0.6) is 11.5 Å². The molecule has 0 aliphatic carbocycles. The highest BCUT2D eigenvalue weighted by Gasteiger charge is 2.16. The van der Waals surface area contributed by atoms with Gasteiger partial charge in [-0.05, 0) is 35.5 Å². The number of hydrogen-bond acceptors (Lipinski definition) is 8. The lowest BCUT2D eigenvalue weighted by Crippen LogP contribution is -2.16. The van der Waals surface area contributed by atoms with Gasteiger partial charge < -0.3 is 10.1 Å². The molecule has 0 radical (unpaired) electrons. The Morgan fingerprint density at radius 1 is 1.00 bits per heavy atom. The number of nitrogens with zero attached hydrogens (tertiary/aromatic N) is 7. The van der Waals surface area contributed by atoms with Gasteiger partial charge in [0, 0.05) is 28.9 Å². The van der Waals surface area contributed by atoms with E-state index in [0.29, 0.717) is 16.6 Å². The molecule has 5 rings (SSSR count). The van der Waals surface area contributed by atoms with E-state index in [-0.39, 0.29) is 29.5 Å². The molecule has 184 valence electrons. The van der Waals surface area contributed by atoms with Crippen LogP contribution in [0.1, 0.15) is 10.5 Å². The molecule has 0 aliphatic rings. The summed E-state index contributed by atoms with van der Waals surface area (Å²) in [5.41, 5.74) is 0.836. The summed E-state index contributed by atoms with van der Waals surface area (Å²) < 4.78 is 7.17. The normalized spacial score (nSPS) is 10.7. The molecule has 0 saturated carbocycles. The monoisotopic (exact) mass is 516 g/mol. The lowest BCUT2D eigenvalue weighted by molar-refractivity contribution is -0.384. The first-order valence-corrected chi connectivity index (χ1v) is 11.2. The molecule has 37 heavy (non-hydrogen) atoms. The standard InChI is InChI=1S/C24H17ClN8O4/c25-17-6-8-20(9-7-17)37-21-13-18(12-19(14-21)33(35)36)26-24(34)22-10-11-31(28-22)15-32-29-23(27-30-32)16-4-2-1-3-5-16/h1-14H,15H2,(H,26,34). The highest BCUT2D eigenvalue weighted by atomic mass is 35.5. The lowest BCUT2D eigenvalue weighted by atomic mass is 10.2. The molecular weight excluding hydrogens is 500 g/mol. The van der Waals surface area contributed by atoms with Crippen LogP contribution >= 0.6 is 11.6 Å². The van der Waals surface area contributed by atoms with E-state index in [1.54, 1.807) is 30.5 Å². The molecule has 12 nitrogen and oxygen atoms in total. The van der Waals surface area contributed by atoms with E-state index in [4.69, 9.17) is 16.3 Å². The van der Waals surface area contributed by atoms with Gasteiger partial charge in [-0.3, -0.25) is 14.9 Å². The Hall–Kier alpha value is -5.10. The fourth-order valence-electron chi connectivity index (χ4n) is 3.35. The molecule has 2 heterocycles. The van der Waals surface area contributed by atoms with E-state index in [1.807, 2.05) is 30.3 Å². The highest BCUT2D eigenvalue weighted by Crippen LogP contribution is 2.30. The van der Waals surface area contributed by atoms with E-state index in [9.17, 15) is 14.9 Å². The van der Waals surface area contributed by atoms with Gasteiger partial charge >= 0.3 is 0 Å². The van der Waals surface area contributed by atoms with Crippen LogP contribution in [0.15, 0.2) is 85.1 Å². The maximum atomic E-state index is 12.8. The predicted molar refractivity (Wildman–Crippen MR) is 133 cm³/mol. The smallest absolute Gasteiger partial charge is 0.276 e. The molecule has 13 heteroatoms. The Bertz CT molecular complexity index is 1570. The van der Waals surface area contributed by atoms with Crippen molar-refractivity contribution in [3.8, 4) is 22.9 Å². The second kappa shape index (κ2) is 10.3. The van der Waals surface area contributed by atoms with Crippen molar-refractivity contribution in [2.45, 2.75) is 6.67 Å². The number of hydrogen-bond donors (Lipinski definition) is 1. The van der Waals surface area contributed by atoms with Crippen molar-refractivity contribution in [2.75, 3.05) is 5.32 Å². The number of benzene rings is 3. The summed E-state index contributed by atoms with van der Waals surface area (Å²) in [6, 6.07) is 21.4. The first-order valence-electron chi connectivity index (χ1n) is 10.8. The number of tetrazole rings is 1. The molecule has 0 aliphatic heterocycles. The van der Waals surface area contributed by atoms with Crippen molar-refractivity contribution >= 4 is 28.9 Å². The summed E-state index contributed by atoms with van der Waals surface area (Å²) in [6.45, 7) is 0.128. The van der Waals surface area contributed by atoms with Gasteiger partial charge in [-0.25, -0.2) is 4.68 Å². The average molecular weight is 517 g/mol. The summed E-state index contributed by atoms with van der Waals surface area (Å²) >= 11 is 5.88. The van der Waals surface area contributed by atoms with E-state index < -0.39 is 10.8 Å². The van der Waals surface area contributed by atoms with Crippen LogP contribution in [-0.2, 0) is 6.67 Å². The molecular formula is C24H17ClN8O4. The van der Waals surface area contributed by atoms with Gasteiger partial charge in [0.25, 0.3) is 11.6 Å². The van der Waals surface area contributed by atoms with Crippen LogP contribution in [0.4, 0.5) is 11.4 Å². The number of aromatic nitrogens is 6. The van der Waals surface area contributed by atoms with Crippen LogP contribution in [0, 0.1) is 10.1 Å². The van der Waals surface area contributed by atoms with Crippen molar-refractivity contribution in [1.82, 2.24) is 30.0 Å². The van der Waals surface area contributed by atoms with Crippen molar-refractivity contribution in [1.29, 1.82) is 0 Å². The minimum atomic E-state index is -0.575. The van der Waals surface area contributed by atoms with E-state index in [2.05, 4.69) is 25.8 Å². The molecule has 0 fully saturated rings. The average Bonchev–Trinajstić information content (AvgIpc) is 3.56. The Morgan fingerprint density at radius 3 is 2.54 bits per heavy atom. The minimum absolute atomic E-state index is 0.0927. The van der Waals surface area contributed by atoms with Gasteiger partial charge in [-0.15, -0.1) is 15.0 Å². The van der Waals surface area contributed by atoms with E-state index in [0.717, 1.165) is 5.56 Å². The number of anilines is 1. The number of ether oxygens (including phenoxy) is 1. The third kappa shape index (κ3) is 5.77. The molecule has 0 saturated heterocycles.